The lowest BCUT2D eigenvalue weighted by atomic mass is 9.96. The highest BCUT2D eigenvalue weighted by Crippen LogP contribution is 2.34. The number of nitrogens with zero attached hydrogens (tertiary/aromatic N) is 3. The summed E-state index contributed by atoms with van der Waals surface area (Å²) in [5.41, 5.74) is 3.13. The molecule has 8 heteroatoms. The van der Waals surface area contributed by atoms with Gasteiger partial charge in [0.15, 0.2) is 0 Å². The van der Waals surface area contributed by atoms with Crippen LogP contribution in [-0.2, 0) is 4.79 Å². The van der Waals surface area contributed by atoms with E-state index in [1.807, 2.05) is 19.1 Å². The zero-order valence-corrected chi connectivity index (χ0v) is 17.7. The van der Waals surface area contributed by atoms with Crippen molar-refractivity contribution >= 4 is 34.1 Å². The van der Waals surface area contributed by atoms with Crippen molar-refractivity contribution in [2.45, 2.75) is 32.7 Å². The lowest BCUT2D eigenvalue weighted by Crippen LogP contribution is -2.26. The smallest absolute Gasteiger partial charge is 0.257 e. The van der Waals surface area contributed by atoms with E-state index in [0.717, 1.165) is 16.5 Å². The molecule has 1 aromatic carbocycles. The fourth-order valence-electron chi connectivity index (χ4n) is 3.80. The third-order valence-corrected chi connectivity index (χ3v) is 5.58. The number of hydrogen-bond acceptors (Lipinski definition) is 5. The average Bonchev–Trinajstić information content (AvgIpc) is 3.19. The number of aromatic amines is 1. The summed E-state index contributed by atoms with van der Waals surface area (Å²) in [4.78, 5) is 32.6. The Bertz CT molecular complexity index is 1220. The second-order valence-corrected chi connectivity index (χ2v) is 7.57. The maximum atomic E-state index is 12.9. The zero-order valence-electron chi connectivity index (χ0n) is 16.9. The molecule has 0 saturated carbocycles. The van der Waals surface area contributed by atoms with Crippen molar-refractivity contribution in [2.24, 2.45) is 5.10 Å². The van der Waals surface area contributed by atoms with E-state index in [4.69, 9.17) is 16.3 Å². The molecule has 1 N–H and O–H groups in total. The maximum Gasteiger partial charge on any atom is 0.257 e. The zero-order chi connectivity index (χ0) is 21.4. The molecule has 2 aromatic heterocycles. The predicted molar refractivity (Wildman–Crippen MR) is 116 cm³/mol. The Labute approximate surface area is 178 Å². The van der Waals surface area contributed by atoms with Gasteiger partial charge in [0, 0.05) is 41.0 Å². The van der Waals surface area contributed by atoms with Gasteiger partial charge in [-0.25, -0.2) is 9.99 Å². The number of H-pyrrole nitrogens is 1. The Balaban J connectivity index is 1.81. The molecule has 1 unspecified atom stereocenters. The Hall–Kier alpha value is -3.19. The molecule has 1 aliphatic heterocycles. The topological polar surface area (TPSA) is 87.7 Å². The molecular formula is C22H21ClN4O3. The molecule has 0 saturated heterocycles. The monoisotopic (exact) mass is 424 g/mol. The summed E-state index contributed by atoms with van der Waals surface area (Å²) in [5.74, 6) is 0.369. The molecule has 30 heavy (non-hydrogen) atoms. The molecular weight excluding hydrogens is 404 g/mol. The van der Waals surface area contributed by atoms with E-state index >= 15 is 0 Å². The van der Waals surface area contributed by atoms with Gasteiger partial charge in [0.1, 0.15) is 0 Å². The van der Waals surface area contributed by atoms with Crippen LogP contribution in [0.1, 0.15) is 42.5 Å². The molecule has 1 atom stereocenters. The number of rotatable bonds is 4. The first kappa shape index (κ1) is 20.1. The van der Waals surface area contributed by atoms with Crippen LogP contribution in [0.2, 0.25) is 5.02 Å². The fraction of sp³-hybridized carbons (Fsp3) is 0.273. The number of hydrazone groups is 1. The van der Waals surface area contributed by atoms with Gasteiger partial charge < -0.3 is 9.72 Å². The molecule has 1 amide bonds. The van der Waals surface area contributed by atoms with Crippen LogP contribution in [0.4, 0.5) is 0 Å². The van der Waals surface area contributed by atoms with Crippen LogP contribution in [0.15, 0.2) is 46.4 Å². The Morgan fingerprint density at radius 2 is 2.13 bits per heavy atom. The Kier molecular flexibility index (Phi) is 5.30. The van der Waals surface area contributed by atoms with Crippen LogP contribution in [0, 0.1) is 6.92 Å². The minimum atomic E-state index is -0.334. The number of carbonyl (C=O) groups is 1. The molecule has 0 aliphatic carbocycles. The summed E-state index contributed by atoms with van der Waals surface area (Å²) in [6.45, 7) is 3.66. The number of nitrogens with one attached hydrogen (secondary N) is 1. The highest BCUT2D eigenvalue weighted by atomic mass is 35.5. The highest BCUT2D eigenvalue weighted by Gasteiger charge is 2.34. The lowest BCUT2D eigenvalue weighted by molar-refractivity contribution is -0.132. The molecule has 0 fully saturated rings. The van der Waals surface area contributed by atoms with Gasteiger partial charge >= 0.3 is 0 Å². The summed E-state index contributed by atoms with van der Waals surface area (Å²) < 4.78 is 5.12. The number of hydrogen-bond donors (Lipinski definition) is 1. The van der Waals surface area contributed by atoms with Crippen LogP contribution < -0.4 is 10.3 Å². The number of amides is 1. The SMILES string of the molecule is CCC(=O)N1N=C(c2c(C)c3cc(Cl)ccc3[nH]c2=O)CC1c1ccc(OC)nc1. The van der Waals surface area contributed by atoms with Gasteiger partial charge in [0.25, 0.3) is 5.56 Å². The van der Waals surface area contributed by atoms with Gasteiger partial charge in [-0.15, -0.1) is 0 Å². The minimum Gasteiger partial charge on any atom is -0.481 e. The van der Waals surface area contributed by atoms with Crippen LogP contribution in [0.3, 0.4) is 0 Å². The summed E-state index contributed by atoms with van der Waals surface area (Å²) in [5, 5.41) is 7.46. The molecule has 4 rings (SSSR count). The first-order valence-electron chi connectivity index (χ1n) is 9.65. The number of benzene rings is 1. The second kappa shape index (κ2) is 7.91. The van der Waals surface area contributed by atoms with E-state index in [2.05, 4.69) is 15.1 Å². The largest absolute Gasteiger partial charge is 0.481 e. The van der Waals surface area contributed by atoms with E-state index in [1.165, 1.54) is 5.01 Å². The standard InChI is InChI=1S/C22H21ClN4O3/c1-4-20(28)27-18(13-5-8-19(30-3)24-11-13)10-17(26-27)21-12(2)15-9-14(23)6-7-16(15)25-22(21)29/h5-9,11,18H,4,10H2,1-3H3,(H,25,29). The molecule has 3 heterocycles. The van der Waals surface area contributed by atoms with Gasteiger partial charge in [0.2, 0.25) is 11.8 Å². The highest BCUT2D eigenvalue weighted by molar-refractivity contribution is 6.31. The van der Waals surface area contributed by atoms with Crippen molar-refractivity contribution in [1.29, 1.82) is 0 Å². The molecule has 0 bridgehead atoms. The van der Waals surface area contributed by atoms with Crippen LogP contribution in [-0.4, -0.2) is 33.7 Å². The number of fused-ring (bicyclic) bond motifs is 1. The van der Waals surface area contributed by atoms with E-state index in [0.29, 0.717) is 40.5 Å². The van der Waals surface area contributed by atoms with Gasteiger partial charge in [-0.1, -0.05) is 18.5 Å². The average molecular weight is 425 g/mol. The summed E-state index contributed by atoms with van der Waals surface area (Å²) in [7, 11) is 1.55. The molecule has 3 aromatic rings. The first-order chi connectivity index (χ1) is 14.4. The number of halogens is 1. The number of aromatic nitrogens is 2. The van der Waals surface area contributed by atoms with Crippen LogP contribution in [0.25, 0.3) is 10.9 Å². The third-order valence-electron chi connectivity index (χ3n) is 5.35. The summed E-state index contributed by atoms with van der Waals surface area (Å²) in [6.07, 6.45) is 2.39. The van der Waals surface area contributed by atoms with Gasteiger partial charge in [0.05, 0.1) is 24.4 Å². The van der Waals surface area contributed by atoms with Crippen molar-refractivity contribution in [3.05, 3.63) is 68.6 Å². The molecule has 7 nitrogen and oxygen atoms in total. The summed E-state index contributed by atoms with van der Waals surface area (Å²) >= 11 is 6.16. The van der Waals surface area contributed by atoms with Gasteiger partial charge in [-0.3, -0.25) is 9.59 Å². The van der Waals surface area contributed by atoms with Crippen molar-refractivity contribution in [2.75, 3.05) is 7.11 Å². The maximum absolute atomic E-state index is 12.9. The third kappa shape index (κ3) is 3.45. The van der Waals surface area contributed by atoms with E-state index in [1.54, 1.807) is 38.4 Å². The summed E-state index contributed by atoms with van der Waals surface area (Å²) in [6, 6.07) is 8.62. The lowest BCUT2D eigenvalue weighted by Gasteiger charge is -2.21. The fourth-order valence-corrected chi connectivity index (χ4v) is 3.97. The van der Waals surface area contributed by atoms with Crippen LogP contribution in [0.5, 0.6) is 5.88 Å². The van der Waals surface area contributed by atoms with E-state index < -0.39 is 0 Å². The predicted octanol–water partition coefficient (Wildman–Crippen LogP) is 3.98. The second-order valence-electron chi connectivity index (χ2n) is 7.14. The van der Waals surface area contributed by atoms with Crippen molar-refractivity contribution in [3.63, 3.8) is 0 Å². The van der Waals surface area contributed by atoms with Crippen molar-refractivity contribution in [1.82, 2.24) is 15.0 Å². The van der Waals surface area contributed by atoms with Crippen molar-refractivity contribution in [3.8, 4) is 5.88 Å². The number of methoxy groups -OCH3 is 1. The molecule has 1 aliphatic rings. The van der Waals surface area contributed by atoms with Crippen molar-refractivity contribution < 1.29 is 9.53 Å². The van der Waals surface area contributed by atoms with E-state index in [9.17, 15) is 9.59 Å². The minimum absolute atomic E-state index is 0.122. The van der Waals surface area contributed by atoms with Crippen LogP contribution >= 0.6 is 11.6 Å². The molecule has 0 spiro atoms. The number of carbonyl (C=O) groups excluding carboxylic acids is 1. The van der Waals surface area contributed by atoms with Gasteiger partial charge in [-0.2, -0.15) is 5.10 Å². The quantitative estimate of drug-likeness (QED) is 0.686. The Morgan fingerprint density at radius 3 is 2.80 bits per heavy atom. The number of pyridine rings is 2. The van der Waals surface area contributed by atoms with E-state index in [-0.39, 0.29) is 17.5 Å². The first-order valence-corrected chi connectivity index (χ1v) is 10.0. The normalized spacial score (nSPS) is 16.1. The Morgan fingerprint density at radius 1 is 1.33 bits per heavy atom. The van der Waals surface area contributed by atoms with Gasteiger partial charge in [-0.05, 0) is 42.3 Å². The molecule has 154 valence electrons. The number of aryl methyl sites for hydroxylation is 1. The molecule has 0 radical (unpaired) electrons. The number of ether oxygens (including phenoxy) is 1.